The minimum absolute atomic E-state index is 0.0482. The molecule has 0 spiro atoms. The molecule has 1 aromatic carbocycles. The van der Waals surface area contributed by atoms with Gasteiger partial charge in [-0.1, -0.05) is 24.4 Å². The molecule has 0 unspecified atom stereocenters. The van der Waals surface area contributed by atoms with Crippen LogP contribution in [0.5, 0.6) is 0 Å². The van der Waals surface area contributed by atoms with E-state index in [4.69, 9.17) is 18.0 Å². The van der Waals surface area contributed by atoms with Crippen LogP contribution in [0.25, 0.3) is 0 Å². The zero-order valence-corrected chi connectivity index (χ0v) is 12.1. The van der Waals surface area contributed by atoms with Gasteiger partial charge in [0.05, 0.1) is 6.54 Å². The van der Waals surface area contributed by atoms with Gasteiger partial charge in [-0.2, -0.15) is 0 Å². The molecular weight excluding hydrogens is 274 g/mol. The van der Waals surface area contributed by atoms with Crippen LogP contribution in [-0.4, -0.2) is 41.3 Å². The van der Waals surface area contributed by atoms with Gasteiger partial charge in [-0.3, -0.25) is 9.59 Å². The lowest BCUT2D eigenvalue weighted by Crippen LogP contribution is -2.39. The summed E-state index contributed by atoms with van der Waals surface area (Å²) in [4.78, 5) is 25.5. The van der Waals surface area contributed by atoms with Crippen LogP contribution in [0.4, 0.5) is 0 Å². The number of hydrogen-bond acceptors (Lipinski definition) is 3. The first-order valence-corrected chi connectivity index (χ1v) is 6.83. The Morgan fingerprint density at radius 3 is 2.65 bits per heavy atom. The average Bonchev–Trinajstić information content (AvgIpc) is 3.21. The molecule has 1 aliphatic rings. The molecular formula is C14H17N3O2S. The lowest BCUT2D eigenvalue weighted by Gasteiger charge is -2.17. The summed E-state index contributed by atoms with van der Waals surface area (Å²) >= 11 is 4.89. The summed E-state index contributed by atoms with van der Waals surface area (Å²) in [5.74, 6) is -0.358. The largest absolute Gasteiger partial charge is 0.389 e. The molecule has 6 heteroatoms. The number of likely N-dealkylation sites (N-methyl/N-ethyl adjacent to an activating group) is 1. The number of carbonyl (C=O) groups excluding carboxylic acids is 2. The minimum Gasteiger partial charge on any atom is -0.389 e. The lowest BCUT2D eigenvalue weighted by atomic mass is 10.1. The second kappa shape index (κ2) is 6.00. The molecule has 0 radical (unpaired) electrons. The molecule has 20 heavy (non-hydrogen) atoms. The number of thiocarbonyl (C=S) groups is 1. The smallest absolute Gasteiger partial charge is 0.254 e. The Morgan fingerprint density at radius 2 is 2.05 bits per heavy atom. The molecule has 106 valence electrons. The molecule has 0 aliphatic heterocycles. The maximum Gasteiger partial charge on any atom is 0.254 e. The van der Waals surface area contributed by atoms with Crippen LogP contribution in [0.15, 0.2) is 24.3 Å². The normalized spacial score (nSPS) is 13.7. The molecule has 1 aliphatic carbocycles. The van der Waals surface area contributed by atoms with Crippen LogP contribution in [-0.2, 0) is 4.79 Å². The van der Waals surface area contributed by atoms with Crippen molar-refractivity contribution in [1.82, 2.24) is 10.2 Å². The Morgan fingerprint density at radius 1 is 1.40 bits per heavy atom. The molecule has 0 atom stereocenters. The summed E-state index contributed by atoms with van der Waals surface area (Å²) in [5.41, 5.74) is 6.65. The van der Waals surface area contributed by atoms with Crippen molar-refractivity contribution in [3.63, 3.8) is 0 Å². The van der Waals surface area contributed by atoms with Crippen LogP contribution >= 0.6 is 12.2 Å². The van der Waals surface area contributed by atoms with Gasteiger partial charge in [0.25, 0.3) is 5.91 Å². The van der Waals surface area contributed by atoms with Crippen molar-refractivity contribution in [3.8, 4) is 0 Å². The number of amides is 2. The molecule has 1 saturated carbocycles. The number of rotatable bonds is 5. The van der Waals surface area contributed by atoms with Gasteiger partial charge in [-0.25, -0.2) is 0 Å². The Hall–Kier alpha value is -1.95. The van der Waals surface area contributed by atoms with Crippen LogP contribution in [0.1, 0.15) is 28.8 Å². The second-order valence-corrected chi connectivity index (χ2v) is 5.39. The molecule has 1 fully saturated rings. The van der Waals surface area contributed by atoms with Crippen molar-refractivity contribution < 1.29 is 9.59 Å². The van der Waals surface area contributed by atoms with E-state index in [1.165, 1.54) is 4.90 Å². The molecule has 5 nitrogen and oxygen atoms in total. The van der Waals surface area contributed by atoms with E-state index >= 15 is 0 Å². The monoisotopic (exact) mass is 291 g/mol. The van der Waals surface area contributed by atoms with Gasteiger partial charge in [-0.15, -0.1) is 0 Å². The fourth-order valence-corrected chi connectivity index (χ4v) is 1.94. The highest BCUT2D eigenvalue weighted by atomic mass is 32.1. The number of nitrogens with zero attached hydrogens (tertiary/aromatic N) is 1. The Kier molecular flexibility index (Phi) is 4.34. The molecule has 0 bridgehead atoms. The summed E-state index contributed by atoms with van der Waals surface area (Å²) in [6.45, 7) is 0.0482. The standard InChI is InChI=1S/C14H17N3O2S/c1-17(8-12(18)16-11-5-6-11)14(19)10-4-2-3-9(7-10)13(15)20/h2-4,7,11H,5-6,8H2,1H3,(H2,15,20)(H,16,18). The zero-order valence-electron chi connectivity index (χ0n) is 11.3. The zero-order chi connectivity index (χ0) is 14.7. The quantitative estimate of drug-likeness (QED) is 0.782. The fraction of sp³-hybridized carbons (Fsp3) is 0.357. The number of hydrogen-bond donors (Lipinski definition) is 2. The third-order valence-electron chi connectivity index (χ3n) is 3.06. The highest BCUT2D eigenvalue weighted by Crippen LogP contribution is 2.18. The summed E-state index contributed by atoms with van der Waals surface area (Å²) in [5, 5.41) is 2.85. The van der Waals surface area contributed by atoms with E-state index in [2.05, 4.69) is 5.32 Å². The number of nitrogens with one attached hydrogen (secondary N) is 1. The first-order valence-electron chi connectivity index (χ1n) is 6.42. The van der Waals surface area contributed by atoms with E-state index in [0.29, 0.717) is 17.2 Å². The average molecular weight is 291 g/mol. The van der Waals surface area contributed by atoms with Gasteiger partial charge in [-0.05, 0) is 25.0 Å². The summed E-state index contributed by atoms with van der Waals surface area (Å²) in [6.07, 6.45) is 2.05. The van der Waals surface area contributed by atoms with Crippen LogP contribution < -0.4 is 11.1 Å². The van der Waals surface area contributed by atoms with Crippen molar-refractivity contribution in [1.29, 1.82) is 0 Å². The van der Waals surface area contributed by atoms with Gasteiger partial charge >= 0.3 is 0 Å². The van der Waals surface area contributed by atoms with E-state index in [1.807, 2.05) is 0 Å². The van der Waals surface area contributed by atoms with Gasteiger partial charge in [0.15, 0.2) is 0 Å². The van der Waals surface area contributed by atoms with Gasteiger partial charge in [0.2, 0.25) is 5.91 Å². The summed E-state index contributed by atoms with van der Waals surface area (Å²) in [7, 11) is 1.60. The van der Waals surface area contributed by atoms with Gasteiger partial charge in [0, 0.05) is 24.2 Å². The predicted octanol–water partition coefficient (Wildman–Crippen LogP) is 0.671. The fourth-order valence-electron chi connectivity index (χ4n) is 1.81. The molecule has 2 amide bonds. The second-order valence-electron chi connectivity index (χ2n) is 4.95. The van der Waals surface area contributed by atoms with Crippen LogP contribution in [0.2, 0.25) is 0 Å². The molecule has 0 heterocycles. The molecule has 1 aromatic rings. The summed E-state index contributed by atoms with van der Waals surface area (Å²) in [6, 6.07) is 7.09. The number of carbonyl (C=O) groups is 2. The van der Waals surface area contributed by atoms with Crippen molar-refractivity contribution in [2.24, 2.45) is 5.73 Å². The number of nitrogens with two attached hydrogens (primary N) is 1. The van der Waals surface area contributed by atoms with E-state index in [-0.39, 0.29) is 23.3 Å². The topological polar surface area (TPSA) is 75.4 Å². The molecule has 0 aromatic heterocycles. The molecule has 3 N–H and O–H groups in total. The van der Waals surface area contributed by atoms with E-state index in [0.717, 1.165) is 12.8 Å². The SMILES string of the molecule is CN(CC(=O)NC1CC1)C(=O)c1cccc(C(N)=S)c1. The lowest BCUT2D eigenvalue weighted by molar-refractivity contribution is -0.121. The Bertz CT molecular complexity index is 555. The maximum absolute atomic E-state index is 12.2. The molecule has 2 rings (SSSR count). The predicted molar refractivity (Wildman–Crippen MR) is 80.5 cm³/mol. The van der Waals surface area contributed by atoms with Crippen LogP contribution in [0, 0.1) is 0 Å². The van der Waals surface area contributed by atoms with Crippen molar-refractivity contribution in [3.05, 3.63) is 35.4 Å². The third-order valence-corrected chi connectivity index (χ3v) is 3.30. The Balaban J connectivity index is 1.99. The third kappa shape index (κ3) is 3.77. The van der Waals surface area contributed by atoms with Crippen LogP contribution in [0.3, 0.4) is 0 Å². The van der Waals surface area contributed by atoms with Crippen molar-refractivity contribution >= 4 is 29.0 Å². The van der Waals surface area contributed by atoms with E-state index in [1.54, 1.807) is 31.3 Å². The minimum atomic E-state index is -0.228. The molecule has 0 saturated heterocycles. The first-order chi connectivity index (χ1) is 9.47. The summed E-state index contributed by atoms with van der Waals surface area (Å²) < 4.78 is 0. The Labute approximate surface area is 123 Å². The maximum atomic E-state index is 12.2. The van der Waals surface area contributed by atoms with Gasteiger partial charge in [0.1, 0.15) is 4.99 Å². The highest BCUT2D eigenvalue weighted by molar-refractivity contribution is 7.80. The van der Waals surface area contributed by atoms with E-state index in [9.17, 15) is 9.59 Å². The van der Waals surface area contributed by atoms with Crippen molar-refractivity contribution in [2.45, 2.75) is 18.9 Å². The number of benzene rings is 1. The van der Waals surface area contributed by atoms with E-state index < -0.39 is 0 Å². The van der Waals surface area contributed by atoms with Crippen molar-refractivity contribution in [2.75, 3.05) is 13.6 Å². The first kappa shape index (κ1) is 14.5. The van der Waals surface area contributed by atoms with Gasteiger partial charge < -0.3 is 16.0 Å². The highest BCUT2D eigenvalue weighted by Gasteiger charge is 2.24.